The number of fused-ring (bicyclic) bond motifs is 1. The zero-order valence-electron chi connectivity index (χ0n) is 21.7. The summed E-state index contributed by atoms with van der Waals surface area (Å²) in [4.78, 5) is 18.0. The normalized spacial score (nSPS) is 15.1. The molecule has 0 bridgehead atoms. The van der Waals surface area contributed by atoms with Crippen molar-refractivity contribution in [2.45, 2.75) is 30.6 Å². The summed E-state index contributed by atoms with van der Waals surface area (Å²) in [6.07, 6.45) is 6.33. The number of halogens is 1. The van der Waals surface area contributed by atoms with Gasteiger partial charge in [0.15, 0.2) is 5.65 Å². The van der Waals surface area contributed by atoms with Crippen LogP contribution >= 0.6 is 0 Å². The molecular weight excluding hydrogens is 533 g/mol. The van der Waals surface area contributed by atoms with Crippen molar-refractivity contribution in [1.29, 1.82) is 0 Å². The molecule has 3 aromatic heterocycles. The number of nitrogens with one attached hydrogen (secondary N) is 1. The third-order valence-corrected chi connectivity index (χ3v) is 8.37. The molecule has 5 aromatic rings. The molecular formula is C28H28FN7O3S. The molecule has 40 heavy (non-hydrogen) atoms. The van der Waals surface area contributed by atoms with Gasteiger partial charge in [0.2, 0.25) is 0 Å². The lowest BCUT2D eigenvalue weighted by Gasteiger charge is -2.30. The summed E-state index contributed by atoms with van der Waals surface area (Å²) in [5.41, 5.74) is 3.62. The molecule has 2 aromatic carbocycles. The summed E-state index contributed by atoms with van der Waals surface area (Å²) in [5, 5.41) is 12.1. The van der Waals surface area contributed by atoms with E-state index in [4.69, 9.17) is 5.10 Å². The Labute approximate surface area is 232 Å². The Balaban J connectivity index is 0.00000323. The molecule has 1 aliphatic heterocycles. The van der Waals surface area contributed by atoms with Crippen LogP contribution in [0.1, 0.15) is 40.4 Å². The van der Waals surface area contributed by atoms with Crippen molar-refractivity contribution in [3.8, 4) is 5.69 Å². The van der Waals surface area contributed by atoms with Gasteiger partial charge in [-0.15, -0.1) is 0 Å². The van der Waals surface area contributed by atoms with Gasteiger partial charge >= 0.3 is 0 Å². The Morgan fingerprint density at radius 3 is 2.60 bits per heavy atom. The van der Waals surface area contributed by atoms with Crippen LogP contribution in [0.3, 0.4) is 0 Å². The van der Waals surface area contributed by atoms with Gasteiger partial charge in [0.1, 0.15) is 28.2 Å². The van der Waals surface area contributed by atoms with Gasteiger partial charge in [0.25, 0.3) is 5.91 Å². The van der Waals surface area contributed by atoms with E-state index in [0.29, 0.717) is 35.0 Å². The topological polar surface area (TPSA) is 129 Å². The number of hydrogen-bond donors (Lipinski definition) is 1. The molecule has 0 saturated carbocycles. The molecule has 0 aliphatic carbocycles. The van der Waals surface area contributed by atoms with Crippen molar-refractivity contribution >= 4 is 28.4 Å². The molecule has 1 amide bonds. The van der Waals surface area contributed by atoms with Crippen LogP contribution in [0.5, 0.6) is 0 Å². The highest BCUT2D eigenvalue weighted by molar-refractivity contribution is 7.82. The van der Waals surface area contributed by atoms with Crippen molar-refractivity contribution < 1.29 is 18.9 Å². The molecule has 1 saturated heterocycles. The van der Waals surface area contributed by atoms with Gasteiger partial charge in [-0.25, -0.2) is 27.1 Å². The maximum Gasteiger partial charge on any atom is 0.262 e. The third kappa shape index (κ3) is 5.41. The fourth-order valence-electron chi connectivity index (χ4n) is 4.78. The number of hydrogen-bond acceptors (Lipinski definition) is 5. The summed E-state index contributed by atoms with van der Waals surface area (Å²) in [7, 11) is -1.42. The Kier molecular flexibility index (Phi) is 7.83. The maximum atomic E-state index is 13.6. The van der Waals surface area contributed by atoms with Crippen LogP contribution < -0.4 is 5.32 Å². The van der Waals surface area contributed by atoms with Gasteiger partial charge in [-0.3, -0.25) is 4.79 Å². The standard InChI is InChI=1S/C28H26FN7O2S.H2O/c1-19-6-8-22(9-7-19)36-26(32-28(37)24-18-31-35-13-3-12-30-27(24)35)17-25(33-36)20-10-14-34(15-11-20)39(38)23-5-2-4-21(29)16-23;/h2-9,12-13,16-18,20H,10-11,14-15H2,1H3,(H,32,37);1H2. The van der Waals surface area contributed by atoms with Crippen LogP contribution in [0, 0.1) is 12.7 Å². The summed E-state index contributed by atoms with van der Waals surface area (Å²) in [6.45, 7) is 3.18. The van der Waals surface area contributed by atoms with E-state index in [1.165, 1.54) is 18.3 Å². The molecule has 206 valence electrons. The van der Waals surface area contributed by atoms with Crippen molar-refractivity contribution in [2.75, 3.05) is 18.4 Å². The number of aryl methyl sites for hydroxylation is 1. The van der Waals surface area contributed by atoms with Crippen LogP contribution in [0.25, 0.3) is 11.3 Å². The van der Waals surface area contributed by atoms with Crippen LogP contribution in [0.15, 0.2) is 84.1 Å². The zero-order chi connectivity index (χ0) is 26.9. The summed E-state index contributed by atoms with van der Waals surface area (Å²) in [5.74, 6) is -0.0673. The molecule has 6 rings (SSSR count). The number of rotatable bonds is 6. The van der Waals surface area contributed by atoms with E-state index in [-0.39, 0.29) is 17.3 Å². The first-order valence-electron chi connectivity index (χ1n) is 12.7. The molecule has 4 heterocycles. The van der Waals surface area contributed by atoms with Crippen LogP contribution in [-0.4, -0.2) is 57.4 Å². The molecule has 0 spiro atoms. The van der Waals surface area contributed by atoms with E-state index in [2.05, 4.69) is 15.4 Å². The van der Waals surface area contributed by atoms with E-state index < -0.39 is 16.8 Å². The third-order valence-electron chi connectivity index (χ3n) is 6.88. The monoisotopic (exact) mass is 561 g/mol. The number of nitrogens with zero attached hydrogens (tertiary/aromatic N) is 6. The maximum absolute atomic E-state index is 13.6. The number of piperidine rings is 1. The van der Waals surface area contributed by atoms with Crippen molar-refractivity contribution in [3.63, 3.8) is 0 Å². The Bertz CT molecular complexity index is 1680. The highest BCUT2D eigenvalue weighted by Crippen LogP contribution is 2.32. The lowest BCUT2D eigenvalue weighted by molar-refractivity contribution is 0.102. The molecule has 12 heteroatoms. The Hall–Kier alpha value is -4.26. The van der Waals surface area contributed by atoms with Crippen molar-refractivity contribution in [3.05, 3.63) is 102 Å². The van der Waals surface area contributed by atoms with E-state index in [0.717, 1.165) is 29.8 Å². The number of amides is 1. The average molecular weight is 562 g/mol. The lowest BCUT2D eigenvalue weighted by Crippen LogP contribution is -2.34. The second kappa shape index (κ2) is 11.5. The number of carbonyl (C=O) groups excluding carboxylic acids is 1. The van der Waals surface area contributed by atoms with E-state index >= 15 is 0 Å². The predicted molar refractivity (Wildman–Crippen MR) is 149 cm³/mol. The van der Waals surface area contributed by atoms with Gasteiger partial charge in [-0.2, -0.15) is 10.2 Å². The van der Waals surface area contributed by atoms with E-state index in [9.17, 15) is 13.4 Å². The van der Waals surface area contributed by atoms with Crippen molar-refractivity contribution in [1.82, 2.24) is 28.7 Å². The Morgan fingerprint density at radius 1 is 1.07 bits per heavy atom. The highest BCUT2D eigenvalue weighted by atomic mass is 32.2. The van der Waals surface area contributed by atoms with E-state index in [1.807, 2.05) is 41.6 Å². The number of anilines is 1. The first kappa shape index (κ1) is 27.3. The highest BCUT2D eigenvalue weighted by Gasteiger charge is 2.28. The smallest absolute Gasteiger partial charge is 0.262 e. The van der Waals surface area contributed by atoms with Gasteiger partial charge in [0, 0.05) is 37.5 Å². The minimum absolute atomic E-state index is 0. The number of aromatic nitrogens is 5. The SMILES string of the molecule is Cc1ccc(-n2nc(C3CCN(S(=O)c4cccc(F)c4)CC3)cc2NC(=O)c2cnn3cccnc23)cc1.O. The van der Waals surface area contributed by atoms with Gasteiger partial charge in [-0.1, -0.05) is 23.8 Å². The Morgan fingerprint density at radius 2 is 1.85 bits per heavy atom. The second-order valence-corrected chi connectivity index (χ2v) is 11.0. The second-order valence-electron chi connectivity index (χ2n) is 9.51. The summed E-state index contributed by atoms with van der Waals surface area (Å²) < 4.78 is 31.8. The molecule has 0 radical (unpaired) electrons. The summed E-state index contributed by atoms with van der Waals surface area (Å²) >= 11 is 0. The minimum atomic E-state index is -1.42. The van der Waals surface area contributed by atoms with Crippen LogP contribution in [0.2, 0.25) is 0 Å². The largest absolute Gasteiger partial charge is 0.412 e. The number of carbonyl (C=O) groups is 1. The fraction of sp³-hybridized carbons (Fsp3) is 0.214. The molecule has 1 fully saturated rings. The zero-order valence-corrected chi connectivity index (χ0v) is 22.5. The first-order valence-corrected chi connectivity index (χ1v) is 13.8. The lowest BCUT2D eigenvalue weighted by atomic mass is 9.95. The van der Waals surface area contributed by atoms with Gasteiger partial charge in [0.05, 0.1) is 22.5 Å². The fourth-order valence-corrected chi connectivity index (χ4v) is 6.03. The van der Waals surface area contributed by atoms with Crippen LogP contribution in [0.4, 0.5) is 10.2 Å². The molecule has 3 N–H and O–H groups in total. The summed E-state index contributed by atoms with van der Waals surface area (Å²) in [6, 6.07) is 17.5. The first-order chi connectivity index (χ1) is 19.0. The predicted octanol–water partition coefficient (Wildman–Crippen LogP) is 3.69. The van der Waals surface area contributed by atoms with Gasteiger partial charge in [-0.05, 0) is 56.2 Å². The average Bonchev–Trinajstić information content (AvgIpc) is 3.58. The molecule has 1 unspecified atom stereocenters. The quantitative estimate of drug-likeness (QED) is 0.338. The number of benzene rings is 2. The van der Waals surface area contributed by atoms with Gasteiger partial charge < -0.3 is 10.8 Å². The van der Waals surface area contributed by atoms with E-state index in [1.54, 1.807) is 39.8 Å². The molecule has 10 nitrogen and oxygen atoms in total. The molecule has 1 atom stereocenters. The van der Waals surface area contributed by atoms with Crippen LogP contribution in [-0.2, 0) is 11.0 Å². The van der Waals surface area contributed by atoms with Crippen molar-refractivity contribution in [2.24, 2.45) is 0 Å². The minimum Gasteiger partial charge on any atom is -0.412 e. The molecule has 1 aliphatic rings.